The summed E-state index contributed by atoms with van der Waals surface area (Å²) in [5.41, 5.74) is 0.586. The lowest BCUT2D eigenvalue weighted by Gasteiger charge is -2.11. The Kier molecular flexibility index (Phi) is 3.39. The second kappa shape index (κ2) is 4.78. The van der Waals surface area contributed by atoms with Gasteiger partial charge in [0.1, 0.15) is 5.75 Å². The van der Waals surface area contributed by atoms with Gasteiger partial charge in [-0.1, -0.05) is 6.07 Å². The number of hydrogen-bond acceptors (Lipinski definition) is 2. The van der Waals surface area contributed by atoms with E-state index in [0.717, 1.165) is 31.4 Å². The third kappa shape index (κ3) is 2.50. The summed E-state index contributed by atoms with van der Waals surface area (Å²) in [5.74, 6) is -0.321. The predicted molar refractivity (Wildman–Crippen MR) is 57.8 cm³/mol. The maximum Gasteiger partial charge on any atom is 0.267 e. The van der Waals surface area contributed by atoms with Gasteiger partial charge in [0.2, 0.25) is 0 Å². The van der Waals surface area contributed by atoms with Gasteiger partial charge in [-0.3, -0.25) is 0 Å². The Balaban J connectivity index is 2.12. The van der Waals surface area contributed by atoms with Gasteiger partial charge in [0, 0.05) is 6.04 Å². The number of benzene rings is 1. The quantitative estimate of drug-likeness (QED) is 0.832. The summed E-state index contributed by atoms with van der Waals surface area (Å²) in [4.78, 5) is 0. The Morgan fingerprint density at radius 2 is 2.25 bits per heavy atom. The van der Waals surface area contributed by atoms with Gasteiger partial charge < -0.3 is 10.4 Å². The van der Waals surface area contributed by atoms with Crippen molar-refractivity contribution in [2.45, 2.75) is 31.7 Å². The molecule has 2 rings (SSSR count). The van der Waals surface area contributed by atoms with Gasteiger partial charge in [-0.15, -0.1) is 0 Å². The molecule has 16 heavy (non-hydrogen) atoms. The van der Waals surface area contributed by atoms with Crippen LogP contribution in [0.15, 0.2) is 18.2 Å². The van der Waals surface area contributed by atoms with E-state index in [0.29, 0.717) is 6.04 Å². The van der Waals surface area contributed by atoms with Crippen molar-refractivity contribution in [3.05, 3.63) is 29.3 Å². The first-order chi connectivity index (χ1) is 7.66. The van der Waals surface area contributed by atoms with Crippen LogP contribution in [-0.4, -0.2) is 17.7 Å². The minimum Gasteiger partial charge on any atom is -0.507 e. The third-order valence-electron chi connectivity index (χ3n) is 2.97. The normalized spacial score (nSPS) is 20.6. The SMILES string of the molecule is Oc1ccc(CC2CCCN2)cc1C(F)F. The van der Waals surface area contributed by atoms with Crippen LogP contribution in [0.2, 0.25) is 0 Å². The second-order valence-corrected chi connectivity index (χ2v) is 4.19. The van der Waals surface area contributed by atoms with Gasteiger partial charge >= 0.3 is 0 Å². The Bertz CT molecular complexity index is 362. The van der Waals surface area contributed by atoms with Crippen molar-refractivity contribution in [1.82, 2.24) is 5.32 Å². The molecule has 0 aromatic heterocycles. The molecule has 2 N–H and O–H groups in total. The average Bonchev–Trinajstić information content (AvgIpc) is 2.73. The van der Waals surface area contributed by atoms with Crippen molar-refractivity contribution in [2.24, 2.45) is 0 Å². The van der Waals surface area contributed by atoms with Crippen LogP contribution < -0.4 is 5.32 Å². The van der Waals surface area contributed by atoms with Crippen LogP contribution in [0.4, 0.5) is 8.78 Å². The maximum absolute atomic E-state index is 12.5. The van der Waals surface area contributed by atoms with Crippen LogP contribution in [-0.2, 0) is 6.42 Å². The molecule has 1 atom stereocenters. The highest BCUT2D eigenvalue weighted by molar-refractivity contribution is 5.37. The fraction of sp³-hybridized carbons (Fsp3) is 0.500. The summed E-state index contributed by atoms with van der Waals surface area (Å²) < 4.78 is 25.1. The Labute approximate surface area is 93.3 Å². The van der Waals surface area contributed by atoms with Gasteiger partial charge in [-0.2, -0.15) is 0 Å². The van der Waals surface area contributed by atoms with Crippen molar-refractivity contribution < 1.29 is 13.9 Å². The molecule has 1 aromatic carbocycles. The van der Waals surface area contributed by atoms with E-state index in [2.05, 4.69) is 5.32 Å². The van der Waals surface area contributed by atoms with E-state index in [-0.39, 0.29) is 11.3 Å². The zero-order valence-corrected chi connectivity index (χ0v) is 8.92. The fourth-order valence-corrected chi connectivity index (χ4v) is 2.12. The summed E-state index contributed by atoms with van der Waals surface area (Å²) in [6.45, 7) is 1.00. The first-order valence-electron chi connectivity index (χ1n) is 5.50. The highest BCUT2D eigenvalue weighted by atomic mass is 19.3. The van der Waals surface area contributed by atoms with Gasteiger partial charge in [0.15, 0.2) is 0 Å². The van der Waals surface area contributed by atoms with Crippen molar-refractivity contribution in [3.63, 3.8) is 0 Å². The molecule has 0 aliphatic carbocycles. The van der Waals surface area contributed by atoms with E-state index in [1.807, 2.05) is 0 Å². The maximum atomic E-state index is 12.5. The van der Waals surface area contributed by atoms with Crippen LogP contribution in [0.25, 0.3) is 0 Å². The summed E-state index contributed by atoms with van der Waals surface area (Å²) in [6, 6.07) is 4.85. The number of nitrogens with one attached hydrogen (secondary N) is 1. The molecule has 88 valence electrons. The molecule has 0 bridgehead atoms. The van der Waals surface area contributed by atoms with Gasteiger partial charge in [0.05, 0.1) is 5.56 Å². The molecule has 0 amide bonds. The number of halogens is 2. The van der Waals surface area contributed by atoms with Crippen LogP contribution in [0, 0.1) is 0 Å². The Morgan fingerprint density at radius 1 is 1.44 bits per heavy atom. The molecule has 0 spiro atoms. The summed E-state index contributed by atoms with van der Waals surface area (Å²) in [5, 5.41) is 12.6. The lowest BCUT2D eigenvalue weighted by molar-refractivity contribution is 0.147. The van der Waals surface area contributed by atoms with Gasteiger partial charge in [-0.25, -0.2) is 8.78 Å². The van der Waals surface area contributed by atoms with E-state index in [4.69, 9.17) is 0 Å². The molecule has 1 saturated heterocycles. The predicted octanol–water partition coefficient (Wildman–Crippen LogP) is 2.62. The highest BCUT2D eigenvalue weighted by Gasteiger charge is 2.17. The lowest BCUT2D eigenvalue weighted by Crippen LogP contribution is -2.23. The Hall–Kier alpha value is -1.16. The molecule has 2 nitrogen and oxygen atoms in total. The molecule has 1 aliphatic heterocycles. The summed E-state index contributed by atoms with van der Waals surface area (Å²) in [7, 11) is 0. The van der Waals surface area contributed by atoms with E-state index in [1.54, 1.807) is 6.07 Å². The molecule has 0 saturated carbocycles. The van der Waals surface area contributed by atoms with Crippen molar-refractivity contribution in [1.29, 1.82) is 0 Å². The zero-order valence-electron chi connectivity index (χ0n) is 8.92. The molecule has 1 aliphatic rings. The van der Waals surface area contributed by atoms with E-state index >= 15 is 0 Å². The smallest absolute Gasteiger partial charge is 0.267 e. The summed E-state index contributed by atoms with van der Waals surface area (Å²) >= 11 is 0. The molecule has 1 fully saturated rings. The standard InChI is InChI=1S/C12H15F2NO/c13-12(14)10-7-8(3-4-11(10)16)6-9-2-1-5-15-9/h3-4,7,9,12,15-16H,1-2,5-6H2. The zero-order chi connectivity index (χ0) is 11.5. The van der Waals surface area contributed by atoms with Crippen molar-refractivity contribution >= 4 is 0 Å². The highest BCUT2D eigenvalue weighted by Crippen LogP contribution is 2.29. The molecule has 4 heteroatoms. The average molecular weight is 227 g/mol. The van der Waals surface area contributed by atoms with Gasteiger partial charge in [-0.05, 0) is 43.5 Å². The fourth-order valence-electron chi connectivity index (χ4n) is 2.12. The molecule has 1 heterocycles. The second-order valence-electron chi connectivity index (χ2n) is 4.19. The van der Waals surface area contributed by atoms with E-state index in [1.165, 1.54) is 12.1 Å². The molecule has 1 unspecified atom stereocenters. The number of phenolic OH excluding ortho intramolecular Hbond substituents is 1. The van der Waals surface area contributed by atoms with Crippen molar-refractivity contribution in [3.8, 4) is 5.75 Å². The molecule has 0 radical (unpaired) electrons. The molecular weight excluding hydrogens is 212 g/mol. The Morgan fingerprint density at radius 3 is 2.88 bits per heavy atom. The minimum atomic E-state index is -2.61. The number of hydrogen-bond donors (Lipinski definition) is 2. The largest absolute Gasteiger partial charge is 0.507 e. The first kappa shape index (κ1) is 11.3. The lowest BCUT2D eigenvalue weighted by atomic mass is 10.0. The van der Waals surface area contributed by atoms with Crippen LogP contribution in [0.5, 0.6) is 5.75 Å². The summed E-state index contributed by atoms with van der Waals surface area (Å²) in [6.07, 6.45) is 0.367. The minimum absolute atomic E-state index is 0.268. The monoisotopic (exact) mass is 227 g/mol. The van der Waals surface area contributed by atoms with E-state index < -0.39 is 6.43 Å². The van der Waals surface area contributed by atoms with Gasteiger partial charge in [0.25, 0.3) is 6.43 Å². The number of alkyl halides is 2. The molecular formula is C12H15F2NO. The third-order valence-corrected chi connectivity index (χ3v) is 2.97. The van der Waals surface area contributed by atoms with E-state index in [9.17, 15) is 13.9 Å². The molecule has 1 aromatic rings. The number of aromatic hydroxyl groups is 1. The van der Waals surface area contributed by atoms with Crippen LogP contribution in [0.3, 0.4) is 0 Å². The topological polar surface area (TPSA) is 32.3 Å². The van der Waals surface area contributed by atoms with Crippen molar-refractivity contribution in [2.75, 3.05) is 6.54 Å². The van der Waals surface area contributed by atoms with Crippen LogP contribution in [0.1, 0.15) is 30.4 Å². The number of phenols is 1. The first-order valence-corrected chi connectivity index (χ1v) is 5.50. The van der Waals surface area contributed by atoms with Crippen LogP contribution >= 0.6 is 0 Å². The number of rotatable bonds is 3.